The normalized spacial score (nSPS) is 10.4. The zero-order valence-electron chi connectivity index (χ0n) is 7.22. The van der Waals surface area contributed by atoms with Crippen LogP contribution in [0.4, 0.5) is 0 Å². The molecule has 11 heavy (non-hydrogen) atoms. The molecule has 0 spiro atoms. The van der Waals surface area contributed by atoms with Crippen molar-refractivity contribution in [3.05, 3.63) is 0 Å². The fraction of sp³-hybridized carbons (Fsp3) is 1.00. The van der Waals surface area contributed by atoms with E-state index < -0.39 is 0 Å². The van der Waals surface area contributed by atoms with Gasteiger partial charge in [-0.2, -0.15) is 0 Å². The van der Waals surface area contributed by atoms with E-state index in [1.165, 1.54) is 19.3 Å². The van der Waals surface area contributed by atoms with Crippen LogP contribution in [0.2, 0.25) is 0 Å². The molecule has 0 fully saturated rings. The molecule has 0 aromatic rings. The van der Waals surface area contributed by atoms with E-state index in [2.05, 4.69) is 0 Å². The van der Waals surface area contributed by atoms with Crippen LogP contribution in [0.1, 0.15) is 32.1 Å². The highest BCUT2D eigenvalue weighted by Crippen LogP contribution is 2.01. The van der Waals surface area contributed by atoms with Gasteiger partial charge in [-0.1, -0.05) is 19.3 Å². The molecular weight excluding hydrogens is 140 g/mol. The van der Waals surface area contributed by atoms with Crippen molar-refractivity contribution in [3.8, 4) is 0 Å². The predicted octanol–water partition coefficient (Wildman–Crippen LogP) is 0.828. The third-order valence-corrected chi connectivity index (χ3v) is 1.61. The van der Waals surface area contributed by atoms with Gasteiger partial charge in [-0.25, -0.2) is 0 Å². The van der Waals surface area contributed by atoms with Gasteiger partial charge in [0.15, 0.2) is 0 Å². The smallest absolute Gasteiger partial charge is 0.0940 e. The summed E-state index contributed by atoms with van der Waals surface area (Å²) in [5, 5.41) is 0. The first-order valence-corrected chi connectivity index (χ1v) is 4.39. The molecule has 0 aromatic carbocycles. The van der Waals surface area contributed by atoms with E-state index >= 15 is 0 Å². The second-order valence-electron chi connectivity index (χ2n) is 2.63. The summed E-state index contributed by atoms with van der Waals surface area (Å²) in [4.78, 5) is 0. The molecule has 0 aromatic heterocycles. The van der Waals surface area contributed by atoms with Gasteiger partial charge in [0.05, 0.1) is 6.73 Å². The van der Waals surface area contributed by atoms with E-state index in [9.17, 15) is 0 Å². The van der Waals surface area contributed by atoms with Gasteiger partial charge in [-0.05, 0) is 19.4 Å². The van der Waals surface area contributed by atoms with Crippen LogP contribution in [0, 0.1) is 0 Å². The molecule has 0 radical (unpaired) electrons. The lowest BCUT2D eigenvalue weighted by molar-refractivity contribution is 0.136. The second kappa shape index (κ2) is 9.88. The Morgan fingerprint density at radius 1 is 0.818 bits per heavy atom. The van der Waals surface area contributed by atoms with E-state index in [1.807, 2.05) is 0 Å². The molecule has 0 aliphatic carbocycles. The Kier molecular flexibility index (Phi) is 9.77. The van der Waals surface area contributed by atoms with Crippen LogP contribution < -0.4 is 11.5 Å². The van der Waals surface area contributed by atoms with Gasteiger partial charge >= 0.3 is 0 Å². The van der Waals surface area contributed by atoms with Crippen molar-refractivity contribution in [1.82, 2.24) is 0 Å². The number of rotatable bonds is 8. The van der Waals surface area contributed by atoms with Gasteiger partial charge in [0.2, 0.25) is 0 Å². The summed E-state index contributed by atoms with van der Waals surface area (Å²) in [5.41, 5.74) is 10.5. The third kappa shape index (κ3) is 9.88. The van der Waals surface area contributed by atoms with Crippen LogP contribution in [0.25, 0.3) is 0 Å². The third-order valence-electron chi connectivity index (χ3n) is 1.61. The summed E-state index contributed by atoms with van der Waals surface area (Å²) in [6.07, 6.45) is 6.03. The second-order valence-corrected chi connectivity index (χ2v) is 2.63. The lowest BCUT2D eigenvalue weighted by Crippen LogP contribution is -2.05. The molecule has 0 rings (SSSR count). The molecule has 0 saturated heterocycles. The lowest BCUT2D eigenvalue weighted by Gasteiger charge is -2.00. The molecule has 0 bridgehead atoms. The monoisotopic (exact) mass is 160 g/mol. The van der Waals surface area contributed by atoms with Crippen LogP contribution >= 0.6 is 0 Å². The zero-order valence-corrected chi connectivity index (χ0v) is 7.22. The van der Waals surface area contributed by atoms with Crippen LogP contribution in [-0.4, -0.2) is 19.9 Å². The van der Waals surface area contributed by atoms with Gasteiger partial charge in [0.1, 0.15) is 0 Å². The maximum Gasteiger partial charge on any atom is 0.0940 e. The minimum absolute atomic E-state index is 0.350. The molecule has 0 aliphatic heterocycles. The number of unbranched alkanes of at least 4 members (excludes halogenated alkanes) is 4. The Morgan fingerprint density at radius 2 is 1.45 bits per heavy atom. The summed E-state index contributed by atoms with van der Waals surface area (Å²) >= 11 is 0. The van der Waals surface area contributed by atoms with Crippen LogP contribution in [0.15, 0.2) is 0 Å². The Bertz CT molecular complexity index is 61.1. The number of nitrogens with two attached hydrogens (primary N) is 2. The van der Waals surface area contributed by atoms with Crippen molar-refractivity contribution in [2.45, 2.75) is 32.1 Å². The molecule has 0 saturated carbocycles. The molecular formula is C8H20N2O. The maximum absolute atomic E-state index is 5.35. The van der Waals surface area contributed by atoms with Gasteiger partial charge < -0.3 is 16.2 Å². The lowest BCUT2D eigenvalue weighted by atomic mass is 10.1. The van der Waals surface area contributed by atoms with E-state index in [1.54, 1.807) is 0 Å². The number of hydrogen-bond acceptors (Lipinski definition) is 3. The molecule has 0 amide bonds. The minimum Gasteiger partial charge on any atom is -0.367 e. The van der Waals surface area contributed by atoms with Crippen molar-refractivity contribution >= 4 is 0 Å². The topological polar surface area (TPSA) is 61.3 Å². The van der Waals surface area contributed by atoms with Crippen molar-refractivity contribution in [2.75, 3.05) is 19.9 Å². The Labute approximate surface area is 69.1 Å². The molecule has 0 heterocycles. The standard InChI is InChI=1S/C8H20N2O/c9-6-4-2-1-3-5-7-11-8-10/h1-10H2. The maximum atomic E-state index is 5.35. The van der Waals surface area contributed by atoms with Crippen molar-refractivity contribution in [1.29, 1.82) is 0 Å². The molecule has 0 atom stereocenters. The summed E-state index contributed by atoms with van der Waals surface area (Å²) in [6, 6.07) is 0. The van der Waals surface area contributed by atoms with E-state index in [0.29, 0.717) is 6.73 Å². The summed E-state index contributed by atoms with van der Waals surface area (Å²) in [5.74, 6) is 0. The first-order chi connectivity index (χ1) is 5.41. The zero-order chi connectivity index (χ0) is 8.36. The van der Waals surface area contributed by atoms with Crippen molar-refractivity contribution < 1.29 is 4.74 Å². The van der Waals surface area contributed by atoms with Crippen LogP contribution in [0.3, 0.4) is 0 Å². The summed E-state index contributed by atoms with van der Waals surface area (Å²) in [7, 11) is 0. The predicted molar refractivity (Wildman–Crippen MR) is 47.1 cm³/mol. The van der Waals surface area contributed by atoms with Gasteiger partial charge in [-0.15, -0.1) is 0 Å². The fourth-order valence-corrected chi connectivity index (χ4v) is 0.962. The van der Waals surface area contributed by atoms with Crippen LogP contribution in [0.5, 0.6) is 0 Å². The minimum atomic E-state index is 0.350. The molecule has 3 nitrogen and oxygen atoms in total. The van der Waals surface area contributed by atoms with Crippen molar-refractivity contribution in [2.24, 2.45) is 11.5 Å². The van der Waals surface area contributed by atoms with E-state index in [4.69, 9.17) is 16.2 Å². The number of hydrogen-bond donors (Lipinski definition) is 2. The van der Waals surface area contributed by atoms with Crippen molar-refractivity contribution in [3.63, 3.8) is 0 Å². The van der Waals surface area contributed by atoms with Crippen LogP contribution in [-0.2, 0) is 4.74 Å². The number of ether oxygens (including phenoxy) is 1. The Morgan fingerprint density at radius 3 is 2.09 bits per heavy atom. The molecule has 0 aliphatic rings. The average Bonchev–Trinajstić information content (AvgIpc) is 2.03. The van der Waals surface area contributed by atoms with Gasteiger partial charge in [-0.3, -0.25) is 0 Å². The first kappa shape index (κ1) is 10.9. The largest absolute Gasteiger partial charge is 0.367 e. The SMILES string of the molecule is NCCCCCCCOCN. The molecule has 0 unspecified atom stereocenters. The quantitative estimate of drug-likeness (QED) is 0.408. The van der Waals surface area contributed by atoms with E-state index in [-0.39, 0.29) is 0 Å². The highest BCUT2D eigenvalue weighted by Gasteiger charge is 1.88. The highest BCUT2D eigenvalue weighted by atomic mass is 16.5. The molecule has 4 N–H and O–H groups in total. The Hall–Kier alpha value is -0.120. The summed E-state index contributed by atoms with van der Waals surface area (Å²) in [6.45, 7) is 1.97. The van der Waals surface area contributed by atoms with Gasteiger partial charge in [0, 0.05) is 6.61 Å². The molecule has 68 valence electrons. The highest BCUT2D eigenvalue weighted by molar-refractivity contribution is 4.44. The van der Waals surface area contributed by atoms with E-state index in [0.717, 1.165) is 26.0 Å². The molecule has 3 heteroatoms. The summed E-state index contributed by atoms with van der Waals surface area (Å²) < 4.78 is 4.99. The average molecular weight is 160 g/mol. The van der Waals surface area contributed by atoms with Gasteiger partial charge in [0.25, 0.3) is 0 Å². The first-order valence-electron chi connectivity index (χ1n) is 4.39. The fourth-order valence-electron chi connectivity index (χ4n) is 0.962. The Balaban J connectivity index is 2.69.